The van der Waals surface area contributed by atoms with Crippen LogP contribution in [-0.2, 0) is 17.9 Å². The Bertz CT molecular complexity index is 554. The third-order valence-electron chi connectivity index (χ3n) is 2.21. The van der Waals surface area contributed by atoms with Crippen LogP contribution in [0.15, 0.2) is 21.1 Å². The lowest BCUT2D eigenvalue weighted by Crippen LogP contribution is -2.03. The van der Waals surface area contributed by atoms with E-state index in [1.807, 2.05) is 0 Å². The van der Waals surface area contributed by atoms with Crippen LogP contribution in [0.3, 0.4) is 0 Å². The Balaban J connectivity index is 2.05. The van der Waals surface area contributed by atoms with E-state index in [4.69, 9.17) is 9.26 Å². The smallest absolute Gasteiger partial charge is 0.246 e. The summed E-state index contributed by atoms with van der Waals surface area (Å²) in [7, 11) is 1.51. The summed E-state index contributed by atoms with van der Waals surface area (Å²) in [4.78, 5) is 4.01. The standard InChI is InChI=1S/C11H10BrF2N3O2/c1-18-5-9-16-10(19-17-9)4-15-11-7(12)2-6(13)3-8(11)14/h2-3,15H,4-5H2,1H3. The Morgan fingerprint density at radius 2 is 2.21 bits per heavy atom. The number of anilines is 1. The van der Waals surface area contributed by atoms with Crippen molar-refractivity contribution in [1.29, 1.82) is 0 Å². The highest BCUT2D eigenvalue weighted by molar-refractivity contribution is 9.10. The van der Waals surface area contributed by atoms with Gasteiger partial charge >= 0.3 is 0 Å². The minimum Gasteiger partial charge on any atom is -0.377 e. The van der Waals surface area contributed by atoms with Crippen LogP contribution in [0.25, 0.3) is 0 Å². The van der Waals surface area contributed by atoms with E-state index in [2.05, 4.69) is 31.4 Å². The Morgan fingerprint density at radius 1 is 1.42 bits per heavy atom. The summed E-state index contributed by atoms with van der Waals surface area (Å²) in [6, 6.07) is 1.95. The topological polar surface area (TPSA) is 60.2 Å². The van der Waals surface area contributed by atoms with Crippen LogP contribution in [0.1, 0.15) is 11.7 Å². The van der Waals surface area contributed by atoms with E-state index in [-0.39, 0.29) is 29.2 Å². The molecule has 2 aromatic rings. The number of hydrogen-bond donors (Lipinski definition) is 1. The number of halogens is 3. The summed E-state index contributed by atoms with van der Waals surface area (Å²) in [5, 5.41) is 6.42. The molecule has 0 aliphatic rings. The van der Waals surface area contributed by atoms with Gasteiger partial charge in [0.05, 0.1) is 12.2 Å². The molecule has 1 aromatic carbocycles. The van der Waals surface area contributed by atoms with Crippen molar-refractivity contribution in [3.05, 3.63) is 40.0 Å². The third-order valence-corrected chi connectivity index (χ3v) is 2.83. The second kappa shape index (κ2) is 6.07. The zero-order chi connectivity index (χ0) is 13.8. The summed E-state index contributed by atoms with van der Waals surface area (Å²) < 4.78 is 36.5. The first-order valence-corrected chi connectivity index (χ1v) is 6.08. The molecule has 19 heavy (non-hydrogen) atoms. The Labute approximate surface area is 116 Å². The summed E-state index contributed by atoms with van der Waals surface area (Å²) >= 11 is 3.07. The van der Waals surface area contributed by atoms with Crippen molar-refractivity contribution in [2.24, 2.45) is 0 Å². The van der Waals surface area contributed by atoms with Crippen LogP contribution in [0.4, 0.5) is 14.5 Å². The van der Waals surface area contributed by atoms with Crippen LogP contribution in [0.2, 0.25) is 0 Å². The number of aromatic nitrogens is 2. The summed E-state index contributed by atoms with van der Waals surface area (Å²) in [6.07, 6.45) is 0. The fourth-order valence-electron chi connectivity index (χ4n) is 1.42. The average Bonchev–Trinajstić information content (AvgIpc) is 2.76. The van der Waals surface area contributed by atoms with Crippen molar-refractivity contribution in [1.82, 2.24) is 10.1 Å². The van der Waals surface area contributed by atoms with Gasteiger partial charge in [-0.2, -0.15) is 4.98 Å². The number of benzene rings is 1. The fraction of sp³-hybridized carbons (Fsp3) is 0.273. The molecule has 1 aromatic heterocycles. The highest BCUT2D eigenvalue weighted by Crippen LogP contribution is 2.27. The zero-order valence-electron chi connectivity index (χ0n) is 9.91. The molecule has 0 atom stereocenters. The van der Waals surface area contributed by atoms with E-state index in [0.717, 1.165) is 12.1 Å². The van der Waals surface area contributed by atoms with Gasteiger partial charge in [0.15, 0.2) is 5.82 Å². The molecule has 102 valence electrons. The van der Waals surface area contributed by atoms with Crippen molar-refractivity contribution in [2.75, 3.05) is 12.4 Å². The van der Waals surface area contributed by atoms with Crippen molar-refractivity contribution in [3.8, 4) is 0 Å². The first-order valence-electron chi connectivity index (χ1n) is 5.29. The molecule has 0 unspecified atom stereocenters. The number of nitrogens with one attached hydrogen (secondary N) is 1. The third kappa shape index (κ3) is 3.48. The fourth-order valence-corrected chi connectivity index (χ4v) is 1.97. The predicted octanol–water partition coefficient (Wildman–Crippen LogP) is 2.87. The van der Waals surface area contributed by atoms with Gasteiger partial charge in [0, 0.05) is 17.6 Å². The lowest BCUT2D eigenvalue weighted by atomic mass is 10.3. The predicted molar refractivity (Wildman–Crippen MR) is 66.4 cm³/mol. The van der Waals surface area contributed by atoms with Crippen LogP contribution < -0.4 is 5.32 Å². The molecule has 1 heterocycles. The average molecular weight is 334 g/mol. The van der Waals surface area contributed by atoms with Gasteiger partial charge in [-0.05, 0) is 22.0 Å². The molecule has 0 saturated heterocycles. The SMILES string of the molecule is COCc1noc(CNc2c(F)cc(F)cc2Br)n1. The molecule has 0 amide bonds. The maximum atomic E-state index is 13.5. The van der Waals surface area contributed by atoms with Gasteiger partial charge in [0.2, 0.25) is 5.89 Å². The molecular weight excluding hydrogens is 324 g/mol. The van der Waals surface area contributed by atoms with Crippen LogP contribution in [0.5, 0.6) is 0 Å². The lowest BCUT2D eigenvalue weighted by Gasteiger charge is -2.07. The van der Waals surface area contributed by atoms with Crippen LogP contribution in [-0.4, -0.2) is 17.3 Å². The van der Waals surface area contributed by atoms with E-state index in [1.54, 1.807) is 0 Å². The normalized spacial score (nSPS) is 10.7. The van der Waals surface area contributed by atoms with Crippen LogP contribution >= 0.6 is 15.9 Å². The first kappa shape index (κ1) is 13.9. The monoisotopic (exact) mass is 333 g/mol. The van der Waals surface area contributed by atoms with E-state index in [0.29, 0.717) is 5.82 Å². The lowest BCUT2D eigenvalue weighted by molar-refractivity contribution is 0.174. The Morgan fingerprint density at radius 3 is 2.89 bits per heavy atom. The number of nitrogens with zero attached hydrogens (tertiary/aromatic N) is 2. The second-order valence-electron chi connectivity index (χ2n) is 3.64. The molecule has 1 N–H and O–H groups in total. The molecule has 0 saturated carbocycles. The highest BCUT2D eigenvalue weighted by Gasteiger charge is 2.11. The molecule has 0 aliphatic carbocycles. The van der Waals surface area contributed by atoms with Gasteiger partial charge < -0.3 is 14.6 Å². The molecule has 0 fully saturated rings. The second-order valence-corrected chi connectivity index (χ2v) is 4.49. The molecule has 0 radical (unpaired) electrons. The summed E-state index contributed by atoms with van der Waals surface area (Å²) in [5.74, 6) is -0.681. The number of methoxy groups -OCH3 is 1. The molecule has 0 spiro atoms. The maximum absolute atomic E-state index is 13.5. The van der Waals surface area contributed by atoms with Crippen molar-refractivity contribution >= 4 is 21.6 Å². The molecular formula is C11H10BrF2N3O2. The minimum absolute atomic E-state index is 0.123. The van der Waals surface area contributed by atoms with E-state index in [1.165, 1.54) is 7.11 Å². The number of rotatable bonds is 5. The molecule has 8 heteroatoms. The van der Waals surface area contributed by atoms with Gasteiger partial charge in [0.1, 0.15) is 18.2 Å². The minimum atomic E-state index is -0.705. The summed E-state index contributed by atoms with van der Waals surface area (Å²) in [6.45, 7) is 0.357. The molecule has 2 rings (SSSR count). The van der Waals surface area contributed by atoms with E-state index < -0.39 is 11.6 Å². The quantitative estimate of drug-likeness (QED) is 0.911. The first-order chi connectivity index (χ1) is 9.10. The van der Waals surface area contributed by atoms with Gasteiger partial charge in [0.25, 0.3) is 0 Å². The zero-order valence-corrected chi connectivity index (χ0v) is 11.5. The van der Waals surface area contributed by atoms with E-state index in [9.17, 15) is 8.78 Å². The maximum Gasteiger partial charge on any atom is 0.246 e. The van der Waals surface area contributed by atoms with Gasteiger partial charge in [-0.25, -0.2) is 8.78 Å². The molecule has 0 bridgehead atoms. The molecule has 0 aliphatic heterocycles. The van der Waals surface area contributed by atoms with Crippen molar-refractivity contribution < 1.29 is 18.0 Å². The number of hydrogen-bond acceptors (Lipinski definition) is 5. The number of ether oxygens (including phenoxy) is 1. The Hall–Kier alpha value is -1.54. The van der Waals surface area contributed by atoms with Gasteiger partial charge in [-0.15, -0.1) is 0 Å². The van der Waals surface area contributed by atoms with Gasteiger partial charge in [-0.3, -0.25) is 0 Å². The van der Waals surface area contributed by atoms with Crippen molar-refractivity contribution in [3.63, 3.8) is 0 Å². The van der Waals surface area contributed by atoms with Crippen molar-refractivity contribution in [2.45, 2.75) is 13.2 Å². The largest absolute Gasteiger partial charge is 0.377 e. The molecule has 5 nitrogen and oxygen atoms in total. The van der Waals surface area contributed by atoms with Gasteiger partial charge in [-0.1, -0.05) is 5.16 Å². The van der Waals surface area contributed by atoms with E-state index >= 15 is 0 Å². The van der Waals surface area contributed by atoms with Crippen LogP contribution in [0, 0.1) is 11.6 Å². The Kier molecular flexibility index (Phi) is 4.43. The highest BCUT2D eigenvalue weighted by atomic mass is 79.9. The summed E-state index contributed by atoms with van der Waals surface area (Å²) in [5.41, 5.74) is 0.132.